The minimum absolute atomic E-state index is 0.538. The van der Waals surface area contributed by atoms with Crippen molar-refractivity contribution in [2.24, 2.45) is 11.7 Å². The molecule has 0 aromatic carbocycles. The summed E-state index contributed by atoms with van der Waals surface area (Å²) >= 11 is 2.08. The molecule has 3 heteroatoms. The van der Waals surface area contributed by atoms with Gasteiger partial charge in [-0.15, -0.1) is 0 Å². The lowest BCUT2D eigenvalue weighted by molar-refractivity contribution is 0.261. The van der Waals surface area contributed by atoms with E-state index in [1.54, 1.807) is 0 Å². The molecule has 3 N–H and O–H groups in total. The van der Waals surface area contributed by atoms with Crippen molar-refractivity contribution in [3.8, 4) is 0 Å². The number of thioether (sulfide) groups is 1. The average Bonchev–Trinajstić information content (AvgIpc) is 2.86. The smallest absolute Gasteiger partial charge is 0.0281 e. The van der Waals surface area contributed by atoms with Gasteiger partial charge < -0.3 is 11.1 Å². The molecule has 17 heavy (non-hydrogen) atoms. The second kappa shape index (κ2) is 6.44. The number of hydrogen-bond donors (Lipinski definition) is 2. The molecule has 100 valence electrons. The lowest BCUT2D eigenvalue weighted by Gasteiger charge is -2.35. The van der Waals surface area contributed by atoms with Gasteiger partial charge in [0.2, 0.25) is 0 Å². The fourth-order valence-electron chi connectivity index (χ4n) is 3.55. The fourth-order valence-corrected chi connectivity index (χ4v) is 4.47. The summed E-state index contributed by atoms with van der Waals surface area (Å²) in [4.78, 5) is 0. The zero-order valence-corrected chi connectivity index (χ0v) is 12.0. The molecule has 0 radical (unpaired) electrons. The highest BCUT2D eigenvalue weighted by atomic mass is 32.2. The summed E-state index contributed by atoms with van der Waals surface area (Å²) in [7, 11) is 0. The standard InChI is InChI=1S/C14H28N2S/c1-17-14(8-4-5-9-14)11-16-13-7-3-2-6-12(13)10-15/h12-13,16H,2-11,15H2,1H3. The van der Waals surface area contributed by atoms with Gasteiger partial charge in [0.1, 0.15) is 0 Å². The molecule has 0 bridgehead atoms. The van der Waals surface area contributed by atoms with E-state index in [0.717, 1.165) is 12.5 Å². The average molecular weight is 256 g/mol. The van der Waals surface area contributed by atoms with E-state index < -0.39 is 0 Å². The van der Waals surface area contributed by atoms with Crippen LogP contribution in [0.5, 0.6) is 0 Å². The number of nitrogens with one attached hydrogen (secondary N) is 1. The van der Waals surface area contributed by atoms with Crippen LogP contribution in [0.15, 0.2) is 0 Å². The van der Waals surface area contributed by atoms with E-state index >= 15 is 0 Å². The Kier molecular flexibility index (Phi) is 5.19. The molecule has 0 saturated heterocycles. The molecule has 0 heterocycles. The molecule has 2 aliphatic rings. The maximum atomic E-state index is 5.90. The number of hydrogen-bond acceptors (Lipinski definition) is 3. The van der Waals surface area contributed by atoms with Crippen molar-refractivity contribution >= 4 is 11.8 Å². The van der Waals surface area contributed by atoms with Gasteiger partial charge in [-0.2, -0.15) is 11.8 Å². The molecule has 2 unspecified atom stereocenters. The van der Waals surface area contributed by atoms with Crippen LogP contribution < -0.4 is 11.1 Å². The Balaban J connectivity index is 1.83. The highest BCUT2D eigenvalue weighted by Crippen LogP contribution is 2.40. The Morgan fingerprint density at radius 1 is 1.18 bits per heavy atom. The first-order valence-electron chi connectivity index (χ1n) is 7.28. The Hall–Kier alpha value is 0.270. The Labute approximate surface area is 110 Å². The van der Waals surface area contributed by atoms with E-state index in [0.29, 0.717) is 10.8 Å². The van der Waals surface area contributed by atoms with Crippen LogP contribution in [-0.2, 0) is 0 Å². The highest BCUT2D eigenvalue weighted by Gasteiger charge is 2.34. The van der Waals surface area contributed by atoms with E-state index in [2.05, 4.69) is 23.3 Å². The van der Waals surface area contributed by atoms with Crippen molar-refractivity contribution < 1.29 is 0 Å². The van der Waals surface area contributed by atoms with Crippen LogP contribution in [0.25, 0.3) is 0 Å². The molecule has 2 saturated carbocycles. The van der Waals surface area contributed by atoms with Crippen molar-refractivity contribution in [3.63, 3.8) is 0 Å². The van der Waals surface area contributed by atoms with E-state index in [-0.39, 0.29) is 0 Å². The van der Waals surface area contributed by atoms with E-state index in [1.807, 2.05) is 0 Å². The molecule has 0 amide bonds. The SMILES string of the molecule is CSC1(CNC2CCCCC2CN)CCCC1. The summed E-state index contributed by atoms with van der Waals surface area (Å²) in [5.74, 6) is 0.726. The van der Waals surface area contributed by atoms with E-state index in [4.69, 9.17) is 5.73 Å². The first-order chi connectivity index (χ1) is 8.29. The monoisotopic (exact) mass is 256 g/mol. The maximum absolute atomic E-state index is 5.90. The minimum Gasteiger partial charge on any atom is -0.330 e. The molecule has 0 aliphatic heterocycles. The number of nitrogens with two attached hydrogens (primary N) is 1. The molecule has 0 aromatic heterocycles. The zero-order valence-electron chi connectivity index (χ0n) is 11.2. The van der Waals surface area contributed by atoms with Crippen LogP contribution in [0.1, 0.15) is 51.4 Å². The molecule has 2 nitrogen and oxygen atoms in total. The third-order valence-corrected chi connectivity index (χ3v) is 6.26. The normalized spacial score (nSPS) is 32.8. The van der Waals surface area contributed by atoms with Crippen LogP contribution in [0.3, 0.4) is 0 Å². The molecule has 2 rings (SSSR count). The topological polar surface area (TPSA) is 38.0 Å². The summed E-state index contributed by atoms with van der Waals surface area (Å²) < 4.78 is 0.538. The quantitative estimate of drug-likeness (QED) is 0.794. The van der Waals surface area contributed by atoms with Gasteiger partial charge in [-0.25, -0.2) is 0 Å². The third-order valence-electron chi connectivity index (χ3n) is 4.85. The van der Waals surface area contributed by atoms with Crippen LogP contribution in [0.2, 0.25) is 0 Å². The number of rotatable bonds is 5. The van der Waals surface area contributed by atoms with Crippen molar-refractivity contribution in [1.82, 2.24) is 5.32 Å². The maximum Gasteiger partial charge on any atom is 0.0281 e. The van der Waals surface area contributed by atoms with Crippen LogP contribution in [0.4, 0.5) is 0 Å². The van der Waals surface area contributed by atoms with Gasteiger partial charge in [-0.3, -0.25) is 0 Å². The highest BCUT2D eigenvalue weighted by molar-refractivity contribution is 8.00. The van der Waals surface area contributed by atoms with E-state index in [9.17, 15) is 0 Å². The Morgan fingerprint density at radius 2 is 1.88 bits per heavy atom. The van der Waals surface area contributed by atoms with Gasteiger partial charge in [0.05, 0.1) is 0 Å². The van der Waals surface area contributed by atoms with Gasteiger partial charge in [-0.1, -0.05) is 25.7 Å². The summed E-state index contributed by atoms with van der Waals surface area (Å²) in [6.45, 7) is 2.07. The van der Waals surface area contributed by atoms with Crippen LogP contribution in [-0.4, -0.2) is 30.1 Å². The Bertz CT molecular complexity index is 226. The summed E-state index contributed by atoms with van der Waals surface area (Å²) in [6, 6.07) is 0.693. The largest absolute Gasteiger partial charge is 0.330 e. The van der Waals surface area contributed by atoms with Gasteiger partial charge in [-0.05, 0) is 44.4 Å². The minimum atomic E-state index is 0.538. The molecule has 0 spiro atoms. The van der Waals surface area contributed by atoms with Crippen molar-refractivity contribution in [1.29, 1.82) is 0 Å². The molecule has 0 aromatic rings. The van der Waals surface area contributed by atoms with Gasteiger partial charge in [0.25, 0.3) is 0 Å². The third kappa shape index (κ3) is 3.39. The van der Waals surface area contributed by atoms with Crippen molar-refractivity contribution in [2.45, 2.75) is 62.2 Å². The lowest BCUT2D eigenvalue weighted by Crippen LogP contribution is -2.47. The molecular weight excluding hydrogens is 228 g/mol. The first-order valence-corrected chi connectivity index (χ1v) is 8.51. The van der Waals surface area contributed by atoms with Crippen LogP contribution >= 0.6 is 11.8 Å². The van der Waals surface area contributed by atoms with Gasteiger partial charge >= 0.3 is 0 Å². The molecule has 2 atom stereocenters. The molecular formula is C14H28N2S. The van der Waals surface area contributed by atoms with E-state index in [1.165, 1.54) is 57.9 Å². The lowest BCUT2D eigenvalue weighted by atomic mass is 9.84. The Morgan fingerprint density at radius 3 is 2.53 bits per heavy atom. The molecule has 2 fully saturated rings. The predicted molar refractivity (Wildman–Crippen MR) is 77.5 cm³/mol. The summed E-state index contributed by atoms with van der Waals surface area (Å²) in [5, 5.41) is 3.86. The zero-order chi connectivity index (χ0) is 12.1. The second-order valence-electron chi connectivity index (χ2n) is 5.86. The van der Waals surface area contributed by atoms with Gasteiger partial charge in [0, 0.05) is 17.3 Å². The van der Waals surface area contributed by atoms with Crippen molar-refractivity contribution in [3.05, 3.63) is 0 Å². The second-order valence-corrected chi connectivity index (χ2v) is 7.14. The fraction of sp³-hybridized carbons (Fsp3) is 1.00. The summed E-state index contributed by atoms with van der Waals surface area (Å²) in [6.07, 6.45) is 13.4. The van der Waals surface area contributed by atoms with Crippen molar-refractivity contribution in [2.75, 3.05) is 19.3 Å². The van der Waals surface area contributed by atoms with Crippen LogP contribution in [0, 0.1) is 5.92 Å². The summed E-state index contributed by atoms with van der Waals surface area (Å²) in [5.41, 5.74) is 5.90. The first kappa shape index (κ1) is 13.7. The van der Waals surface area contributed by atoms with Gasteiger partial charge in [0.15, 0.2) is 0 Å². The predicted octanol–water partition coefficient (Wildman–Crippen LogP) is 2.77. The molecule has 2 aliphatic carbocycles.